The summed E-state index contributed by atoms with van der Waals surface area (Å²) in [4.78, 5) is 38.8. The number of rotatable bonds is 8. The van der Waals surface area contributed by atoms with Crippen molar-refractivity contribution in [2.75, 3.05) is 44.4 Å². The highest BCUT2D eigenvalue weighted by molar-refractivity contribution is 6.02. The molecule has 3 aromatic rings. The Morgan fingerprint density at radius 2 is 1.79 bits per heavy atom. The van der Waals surface area contributed by atoms with Crippen LogP contribution >= 0.6 is 0 Å². The maximum Gasteiger partial charge on any atom is 0.340 e. The van der Waals surface area contributed by atoms with Crippen LogP contribution in [-0.4, -0.2) is 66.9 Å². The van der Waals surface area contributed by atoms with E-state index in [1.54, 1.807) is 6.07 Å². The van der Waals surface area contributed by atoms with Crippen molar-refractivity contribution in [3.05, 3.63) is 81.2 Å². The van der Waals surface area contributed by atoms with Gasteiger partial charge in [0, 0.05) is 42.2 Å². The number of nitrogens with zero attached hydrogens (tertiary/aromatic N) is 3. The summed E-state index contributed by atoms with van der Waals surface area (Å²) in [6.07, 6.45) is -0.238. The maximum absolute atomic E-state index is 13.1. The molecule has 0 saturated carbocycles. The van der Waals surface area contributed by atoms with E-state index in [1.165, 1.54) is 18.2 Å². The highest BCUT2D eigenvalue weighted by Gasteiger charge is 2.26. The predicted octanol–water partition coefficient (Wildman–Crippen LogP) is 3.73. The molecule has 0 amide bonds. The molecular weight excluding hydrogens is 506 g/mol. The van der Waals surface area contributed by atoms with Crippen molar-refractivity contribution in [3.63, 3.8) is 0 Å². The fraction of sp³-hybridized carbons (Fsp3) is 0.357. The molecule has 1 fully saturated rings. The summed E-state index contributed by atoms with van der Waals surface area (Å²) < 4.78 is 24.6. The number of ether oxygens (including phenoxy) is 4. The minimum atomic E-state index is -0.797. The topological polar surface area (TPSA) is 122 Å². The smallest absolute Gasteiger partial charge is 0.340 e. The fourth-order valence-corrected chi connectivity index (χ4v) is 4.89. The molecule has 0 aliphatic carbocycles. The molecule has 0 N–H and O–H groups in total. The van der Waals surface area contributed by atoms with E-state index in [-0.39, 0.29) is 23.1 Å². The van der Waals surface area contributed by atoms with Crippen molar-refractivity contribution < 1.29 is 33.5 Å². The molecule has 0 radical (unpaired) electrons. The molecule has 2 aliphatic heterocycles. The molecule has 2 aliphatic rings. The van der Waals surface area contributed by atoms with Crippen LogP contribution in [0.5, 0.6) is 11.5 Å². The van der Waals surface area contributed by atoms with Crippen LogP contribution < -0.4 is 14.4 Å². The SMILES string of the molecule is Cc1cc(C(=O)COC(=O)c2cc([N+](=O)[O-])ccc2N2CCOCC2)c(C)n1C[C@H]1COc2ccccc2O1. The number of anilines is 1. The van der Waals surface area contributed by atoms with Crippen molar-refractivity contribution >= 4 is 23.1 Å². The molecule has 204 valence electrons. The number of fused-ring (bicyclic) bond motifs is 1. The number of carbonyl (C=O) groups excluding carboxylic acids is 2. The highest BCUT2D eigenvalue weighted by atomic mass is 16.6. The van der Waals surface area contributed by atoms with Gasteiger partial charge in [0.15, 0.2) is 24.2 Å². The number of carbonyl (C=O) groups is 2. The van der Waals surface area contributed by atoms with Gasteiger partial charge in [-0.25, -0.2) is 4.79 Å². The van der Waals surface area contributed by atoms with Crippen molar-refractivity contribution in [1.29, 1.82) is 0 Å². The average molecular weight is 536 g/mol. The fourth-order valence-electron chi connectivity index (χ4n) is 4.89. The number of non-ortho nitro benzene ring substituents is 1. The Morgan fingerprint density at radius 1 is 1.05 bits per heavy atom. The van der Waals surface area contributed by atoms with Gasteiger partial charge in [-0.2, -0.15) is 0 Å². The molecule has 3 heterocycles. The van der Waals surface area contributed by atoms with E-state index >= 15 is 0 Å². The Balaban J connectivity index is 1.28. The highest BCUT2D eigenvalue weighted by Crippen LogP contribution is 2.32. The summed E-state index contributed by atoms with van der Waals surface area (Å²) in [6, 6.07) is 13.3. The van der Waals surface area contributed by atoms with Crippen LogP contribution in [0.3, 0.4) is 0 Å². The Kier molecular flexibility index (Phi) is 7.51. The van der Waals surface area contributed by atoms with Crippen molar-refractivity contribution in [2.24, 2.45) is 0 Å². The first-order valence-corrected chi connectivity index (χ1v) is 12.7. The first kappa shape index (κ1) is 26.2. The Bertz CT molecular complexity index is 1410. The van der Waals surface area contributed by atoms with Crippen molar-refractivity contribution in [2.45, 2.75) is 26.5 Å². The molecule has 1 aromatic heterocycles. The lowest BCUT2D eigenvalue weighted by Crippen LogP contribution is -2.37. The van der Waals surface area contributed by atoms with Gasteiger partial charge in [0.2, 0.25) is 5.78 Å². The molecule has 2 aromatic carbocycles. The summed E-state index contributed by atoms with van der Waals surface area (Å²) >= 11 is 0. The Labute approximate surface area is 225 Å². The van der Waals surface area contributed by atoms with Crippen LogP contribution in [0, 0.1) is 24.0 Å². The van der Waals surface area contributed by atoms with E-state index in [0.29, 0.717) is 62.2 Å². The van der Waals surface area contributed by atoms with Gasteiger partial charge >= 0.3 is 5.97 Å². The maximum atomic E-state index is 13.1. The number of morpholine rings is 1. The number of hydrogen-bond donors (Lipinski definition) is 0. The minimum Gasteiger partial charge on any atom is -0.486 e. The number of Topliss-reactive ketones (excluding diaryl/α,β-unsaturated/α-hetero) is 1. The zero-order chi connectivity index (χ0) is 27.5. The van der Waals surface area contributed by atoms with Gasteiger partial charge in [0.1, 0.15) is 6.61 Å². The molecule has 1 saturated heterocycles. The molecule has 11 nitrogen and oxygen atoms in total. The number of aromatic nitrogens is 1. The summed E-state index contributed by atoms with van der Waals surface area (Å²) in [5.41, 5.74) is 2.34. The van der Waals surface area contributed by atoms with Crippen LogP contribution in [0.1, 0.15) is 32.1 Å². The molecule has 1 atom stereocenters. The second kappa shape index (κ2) is 11.2. The van der Waals surface area contributed by atoms with Crippen molar-refractivity contribution in [3.8, 4) is 11.5 Å². The minimum absolute atomic E-state index is 0.0408. The molecule has 39 heavy (non-hydrogen) atoms. The van der Waals surface area contributed by atoms with Crippen LogP contribution in [0.2, 0.25) is 0 Å². The van der Waals surface area contributed by atoms with E-state index < -0.39 is 17.5 Å². The lowest BCUT2D eigenvalue weighted by atomic mass is 10.1. The zero-order valence-corrected chi connectivity index (χ0v) is 21.8. The van der Waals surface area contributed by atoms with Gasteiger partial charge in [0.25, 0.3) is 5.69 Å². The summed E-state index contributed by atoms with van der Waals surface area (Å²) in [7, 11) is 0. The van der Waals surface area contributed by atoms with Crippen LogP contribution in [-0.2, 0) is 16.0 Å². The van der Waals surface area contributed by atoms with E-state index in [1.807, 2.05) is 47.6 Å². The molecular formula is C28H29N3O8. The summed E-state index contributed by atoms with van der Waals surface area (Å²) in [6.45, 7) is 6.11. The number of nitro groups is 1. The van der Waals surface area contributed by atoms with Crippen LogP contribution in [0.4, 0.5) is 11.4 Å². The Morgan fingerprint density at radius 3 is 2.54 bits per heavy atom. The number of ketones is 1. The van der Waals surface area contributed by atoms with Crippen LogP contribution in [0.15, 0.2) is 48.5 Å². The first-order valence-electron chi connectivity index (χ1n) is 12.7. The van der Waals surface area contributed by atoms with Gasteiger partial charge in [-0.05, 0) is 38.1 Å². The number of hydrogen-bond acceptors (Lipinski definition) is 9. The average Bonchev–Trinajstić information content (AvgIpc) is 3.24. The Hall–Kier alpha value is -4.38. The second-order valence-electron chi connectivity index (χ2n) is 9.45. The normalized spacial score (nSPS) is 16.6. The summed E-state index contributed by atoms with van der Waals surface area (Å²) in [5.74, 6) is 0.214. The second-order valence-corrected chi connectivity index (χ2v) is 9.45. The molecule has 5 rings (SSSR count). The molecule has 11 heteroatoms. The number of esters is 1. The third-order valence-electron chi connectivity index (χ3n) is 6.92. The van der Waals surface area contributed by atoms with Gasteiger partial charge in [-0.15, -0.1) is 0 Å². The molecule has 0 unspecified atom stereocenters. The van der Waals surface area contributed by atoms with E-state index in [4.69, 9.17) is 18.9 Å². The quantitative estimate of drug-likeness (QED) is 0.184. The van der Waals surface area contributed by atoms with Gasteiger partial charge in [-0.3, -0.25) is 14.9 Å². The van der Waals surface area contributed by atoms with Gasteiger partial charge < -0.3 is 28.4 Å². The largest absolute Gasteiger partial charge is 0.486 e. The number of nitro benzene ring substituents is 1. The van der Waals surface area contributed by atoms with Crippen LogP contribution in [0.25, 0.3) is 0 Å². The van der Waals surface area contributed by atoms with Gasteiger partial charge in [-0.1, -0.05) is 12.1 Å². The zero-order valence-electron chi connectivity index (χ0n) is 21.8. The van der Waals surface area contributed by atoms with E-state index in [2.05, 4.69) is 0 Å². The predicted molar refractivity (Wildman–Crippen MR) is 141 cm³/mol. The number of aryl methyl sites for hydroxylation is 1. The lowest BCUT2D eigenvalue weighted by Gasteiger charge is -2.30. The summed E-state index contributed by atoms with van der Waals surface area (Å²) in [5, 5.41) is 11.3. The lowest BCUT2D eigenvalue weighted by molar-refractivity contribution is -0.384. The first-order chi connectivity index (χ1) is 18.8. The standard InChI is InChI=1S/C28H29N3O8/c1-18-13-22(19(2)30(18)15-21-16-37-26-5-3-4-6-27(26)39-21)25(32)17-38-28(33)23-14-20(31(34)35)7-8-24(23)29-9-11-36-12-10-29/h3-8,13-14,21H,9-12,15-17H2,1-2H3/t21-/m0/s1. The van der Waals surface area contributed by atoms with Crippen molar-refractivity contribution in [1.82, 2.24) is 4.57 Å². The third kappa shape index (κ3) is 5.58. The molecule has 0 spiro atoms. The molecule has 0 bridgehead atoms. The number of benzene rings is 2. The number of para-hydroxylation sites is 2. The van der Waals surface area contributed by atoms with E-state index in [0.717, 1.165) is 11.4 Å². The van der Waals surface area contributed by atoms with Gasteiger partial charge in [0.05, 0.1) is 35.9 Å². The van der Waals surface area contributed by atoms with E-state index in [9.17, 15) is 19.7 Å². The third-order valence-corrected chi connectivity index (χ3v) is 6.92. The monoisotopic (exact) mass is 535 g/mol.